The van der Waals surface area contributed by atoms with Gasteiger partial charge < -0.3 is 5.32 Å². The van der Waals surface area contributed by atoms with Crippen molar-refractivity contribution in [3.8, 4) is 0 Å². The molecule has 1 unspecified atom stereocenters. The molecule has 0 fully saturated rings. The van der Waals surface area contributed by atoms with Crippen molar-refractivity contribution in [1.29, 1.82) is 0 Å². The molecular formula is C30H19N2O4+. The van der Waals surface area contributed by atoms with Gasteiger partial charge in [0.25, 0.3) is 0 Å². The molecule has 172 valence electrons. The number of hydrogen-bond acceptors (Lipinski definition) is 5. The number of benzene rings is 3. The normalized spacial score (nSPS) is 19.2. The number of Topliss-reactive ketones (excluding diaryl/α,β-unsaturated/α-hetero) is 2. The van der Waals surface area contributed by atoms with Crippen molar-refractivity contribution in [2.45, 2.75) is 19.9 Å². The lowest BCUT2D eigenvalue weighted by atomic mass is 9.74. The average molecular weight is 471 g/mol. The summed E-state index contributed by atoms with van der Waals surface area (Å²) in [6.07, 6.45) is 1.75. The number of carbonyl (C=O) groups is 4. The fourth-order valence-corrected chi connectivity index (χ4v) is 5.78. The molecule has 0 saturated carbocycles. The Balaban J connectivity index is 1.47. The first kappa shape index (κ1) is 20.6. The van der Waals surface area contributed by atoms with E-state index in [0.29, 0.717) is 61.6 Å². The summed E-state index contributed by atoms with van der Waals surface area (Å²) in [5, 5.41) is 3.45. The van der Waals surface area contributed by atoms with Gasteiger partial charge in [0.1, 0.15) is 17.3 Å². The van der Waals surface area contributed by atoms with Gasteiger partial charge in [0.15, 0.2) is 17.3 Å². The Kier molecular flexibility index (Phi) is 3.97. The summed E-state index contributed by atoms with van der Waals surface area (Å²) in [6, 6.07) is 15.0. The average Bonchev–Trinajstić information content (AvgIpc) is 2.89. The summed E-state index contributed by atoms with van der Waals surface area (Å²) >= 11 is 0. The monoisotopic (exact) mass is 471 g/mol. The molecule has 6 heteroatoms. The highest BCUT2D eigenvalue weighted by Gasteiger charge is 2.46. The summed E-state index contributed by atoms with van der Waals surface area (Å²) in [5.41, 5.74) is 6.31. The lowest BCUT2D eigenvalue weighted by Gasteiger charge is -2.32. The van der Waals surface area contributed by atoms with Gasteiger partial charge in [-0.25, -0.2) is 4.99 Å². The molecule has 2 N–H and O–H groups in total. The van der Waals surface area contributed by atoms with Crippen molar-refractivity contribution >= 4 is 40.2 Å². The van der Waals surface area contributed by atoms with E-state index in [0.717, 1.165) is 11.1 Å². The van der Waals surface area contributed by atoms with E-state index in [9.17, 15) is 19.2 Å². The summed E-state index contributed by atoms with van der Waals surface area (Å²) < 4.78 is 0. The smallest absolute Gasteiger partial charge is 0.230 e. The summed E-state index contributed by atoms with van der Waals surface area (Å²) in [4.78, 5) is 57.2. The van der Waals surface area contributed by atoms with Gasteiger partial charge in [0.2, 0.25) is 17.2 Å². The second-order valence-corrected chi connectivity index (χ2v) is 9.57. The molecule has 0 amide bonds. The van der Waals surface area contributed by atoms with E-state index in [-0.39, 0.29) is 23.1 Å². The molecule has 3 aliphatic carbocycles. The minimum Gasteiger partial charge on any atom is -0.363 e. The molecule has 0 bridgehead atoms. The van der Waals surface area contributed by atoms with Crippen molar-refractivity contribution in [2.75, 3.05) is 5.32 Å². The van der Waals surface area contributed by atoms with Crippen LogP contribution in [0.15, 0.2) is 77.4 Å². The van der Waals surface area contributed by atoms with Gasteiger partial charge in [-0.05, 0) is 31.6 Å². The number of hydrogen-bond donors (Lipinski definition) is 2. The Hall–Kier alpha value is -4.71. The molecular weight excluding hydrogens is 452 g/mol. The summed E-state index contributed by atoms with van der Waals surface area (Å²) in [7, 11) is 0. The van der Waals surface area contributed by atoms with E-state index in [1.54, 1.807) is 60.7 Å². The van der Waals surface area contributed by atoms with Crippen LogP contribution in [0.3, 0.4) is 0 Å². The predicted molar refractivity (Wildman–Crippen MR) is 133 cm³/mol. The molecule has 1 heterocycles. The number of aryl methyl sites for hydroxylation is 1. The van der Waals surface area contributed by atoms with Crippen LogP contribution in [0.4, 0.5) is 11.4 Å². The molecule has 7 rings (SSSR count). The molecule has 36 heavy (non-hydrogen) atoms. The molecule has 0 spiro atoms. The second-order valence-electron chi connectivity index (χ2n) is 9.57. The summed E-state index contributed by atoms with van der Waals surface area (Å²) in [5.74, 6) is -0.798. The van der Waals surface area contributed by atoms with E-state index >= 15 is 0 Å². The van der Waals surface area contributed by atoms with Crippen LogP contribution in [-0.4, -0.2) is 34.9 Å². The Bertz CT molecular complexity index is 1750. The zero-order valence-electron chi connectivity index (χ0n) is 19.5. The van der Waals surface area contributed by atoms with Gasteiger partial charge >= 0.3 is 0 Å². The topological polar surface area (TPSA) is 94.3 Å². The SMILES string of the molecule is CC1=CC2=C(C(=O)c3ccccc3C2=O)C2=[NH+]c3c(C)cc4c(c3NC12)C(=O)c1ccccc1C4=O. The molecule has 0 radical (unpaired) electrons. The van der Waals surface area contributed by atoms with Gasteiger partial charge in [-0.2, -0.15) is 0 Å². The first-order valence-corrected chi connectivity index (χ1v) is 11.7. The van der Waals surface area contributed by atoms with Gasteiger partial charge in [-0.3, -0.25) is 19.2 Å². The Morgan fingerprint density at radius 3 is 1.97 bits per heavy atom. The van der Waals surface area contributed by atoms with Crippen LogP contribution in [0.5, 0.6) is 0 Å². The van der Waals surface area contributed by atoms with E-state index in [1.807, 2.05) is 13.8 Å². The number of fused-ring (bicyclic) bond motifs is 7. The van der Waals surface area contributed by atoms with Crippen LogP contribution in [0.1, 0.15) is 65.0 Å². The van der Waals surface area contributed by atoms with Gasteiger partial charge in [0, 0.05) is 39.0 Å². The first-order valence-electron chi connectivity index (χ1n) is 11.7. The lowest BCUT2D eigenvalue weighted by molar-refractivity contribution is -0.356. The third kappa shape index (κ3) is 2.48. The van der Waals surface area contributed by atoms with Crippen molar-refractivity contribution in [2.24, 2.45) is 0 Å². The van der Waals surface area contributed by atoms with Gasteiger partial charge in [-0.15, -0.1) is 0 Å². The first-order chi connectivity index (χ1) is 17.4. The van der Waals surface area contributed by atoms with Crippen LogP contribution in [0, 0.1) is 6.92 Å². The summed E-state index contributed by atoms with van der Waals surface area (Å²) in [6.45, 7) is 3.74. The predicted octanol–water partition coefficient (Wildman–Crippen LogP) is 3.05. The van der Waals surface area contributed by atoms with E-state index in [4.69, 9.17) is 0 Å². The third-order valence-corrected chi connectivity index (χ3v) is 7.50. The molecule has 0 saturated heterocycles. The van der Waals surface area contributed by atoms with Crippen molar-refractivity contribution in [1.82, 2.24) is 0 Å². The number of nitrogens with one attached hydrogen (secondary N) is 2. The maximum Gasteiger partial charge on any atom is 0.230 e. The standard InChI is InChI=1S/C30H18N2O4/c1-13-11-19-21(29(35)17-9-5-3-7-15(17)27(19)33)25-23(13)31-26-22-20(12-14(2)24(26)32-25)28(34)16-8-4-6-10-18(16)30(22)36/h3-12,23,31H,1-2H3/p+1. The highest BCUT2D eigenvalue weighted by Crippen LogP contribution is 2.41. The lowest BCUT2D eigenvalue weighted by Crippen LogP contribution is -2.75. The number of carbonyl (C=O) groups excluding carboxylic acids is 4. The van der Waals surface area contributed by atoms with Crippen LogP contribution in [0.2, 0.25) is 0 Å². The van der Waals surface area contributed by atoms with Gasteiger partial charge in [-0.1, -0.05) is 48.5 Å². The quantitative estimate of drug-likeness (QED) is 0.411. The van der Waals surface area contributed by atoms with Crippen LogP contribution < -0.4 is 10.3 Å². The van der Waals surface area contributed by atoms with E-state index in [2.05, 4.69) is 10.3 Å². The zero-order chi connectivity index (χ0) is 24.9. The van der Waals surface area contributed by atoms with Crippen LogP contribution in [-0.2, 0) is 0 Å². The Labute approximate surface area is 206 Å². The molecule has 6 nitrogen and oxygen atoms in total. The fraction of sp³-hybridized carbons (Fsp3) is 0.100. The van der Waals surface area contributed by atoms with Crippen LogP contribution >= 0.6 is 0 Å². The minimum atomic E-state index is -0.454. The maximum absolute atomic E-state index is 13.6. The minimum absolute atomic E-state index is 0.183. The van der Waals surface area contributed by atoms with E-state index in [1.165, 1.54) is 0 Å². The number of rotatable bonds is 0. The van der Waals surface area contributed by atoms with Gasteiger partial charge in [0.05, 0.1) is 5.56 Å². The zero-order valence-corrected chi connectivity index (χ0v) is 19.5. The Morgan fingerprint density at radius 2 is 1.31 bits per heavy atom. The number of allylic oxidation sites excluding steroid dienone is 2. The Morgan fingerprint density at radius 1 is 0.722 bits per heavy atom. The van der Waals surface area contributed by atoms with Crippen molar-refractivity contribution in [3.05, 3.63) is 116 Å². The molecule has 1 aliphatic heterocycles. The molecule has 3 aromatic carbocycles. The third-order valence-electron chi connectivity index (χ3n) is 7.50. The molecule has 4 aliphatic rings. The second kappa shape index (κ2) is 6.92. The largest absolute Gasteiger partial charge is 0.363 e. The molecule has 1 atom stereocenters. The number of ketones is 4. The van der Waals surface area contributed by atoms with Crippen LogP contribution in [0.25, 0.3) is 0 Å². The highest BCUT2D eigenvalue weighted by molar-refractivity contribution is 6.40. The van der Waals surface area contributed by atoms with Crippen molar-refractivity contribution < 1.29 is 24.2 Å². The number of anilines is 1. The fourth-order valence-electron chi connectivity index (χ4n) is 5.78. The van der Waals surface area contributed by atoms with Crippen molar-refractivity contribution in [3.63, 3.8) is 0 Å². The molecule has 3 aromatic rings. The highest BCUT2D eigenvalue weighted by atomic mass is 16.1. The maximum atomic E-state index is 13.6. The van der Waals surface area contributed by atoms with E-state index < -0.39 is 6.04 Å². The molecule has 0 aromatic heterocycles.